The number of likely N-dealkylation sites (tertiary alicyclic amines) is 1. The van der Waals surface area contributed by atoms with Crippen LogP contribution in [0.2, 0.25) is 0 Å². The summed E-state index contributed by atoms with van der Waals surface area (Å²) in [5, 5.41) is 7.30. The van der Waals surface area contributed by atoms with Crippen molar-refractivity contribution in [3.05, 3.63) is 35.4 Å². The molecule has 1 saturated carbocycles. The minimum atomic E-state index is 0. The predicted octanol–water partition coefficient (Wildman–Crippen LogP) is 5.27. The van der Waals surface area contributed by atoms with E-state index in [1.165, 1.54) is 11.1 Å². The van der Waals surface area contributed by atoms with Gasteiger partial charge in [-0.2, -0.15) is 0 Å². The molecule has 2 aliphatic rings. The van der Waals surface area contributed by atoms with Crippen LogP contribution in [0.25, 0.3) is 0 Å². The van der Waals surface area contributed by atoms with Crippen LogP contribution in [0, 0.1) is 5.92 Å². The van der Waals surface area contributed by atoms with Gasteiger partial charge in [0.15, 0.2) is 5.96 Å². The van der Waals surface area contributed by atoms with Crippen molar-refractivity contribution < 1.29 is 4.79 Å². The molecular formula is C26H43IN4O. The molecule has 6 heteroatoms. The SMILES string of the molecule is CCN=C(NC1CCN(C(=O)C(CC)CC)CC1)NC1CC1c1ccc(C(C)C)cc1.I. The molecule has 2 fully saturated rings. The third-order valence-electron chi connectivity index (χ3n) is 6.94. The molecule has 1 aliphatic carbocycles. The lowest BCUT2D eigenvalue weighted by atomic mass is 9.98. The predicted molar refractivity (Wildman–Crippen MR) is 145 cm³/mol. The number of nitrogens with zero attached hydrogens (tertiary/aromatic N) is 2. The van der Waals surface area contributed by atoms with Crippen molar-refractivity contribution >= 4 is 35.8 Å². The molecular weight excluding hydrogens is 511 g/mol. The topological polar surface area (TPSA) is 56.7 Å². The fourth-order valence-electron chi connectivity index (χ4n) is 4.65. The van der Waals surface area contributed by atoms with E-state index < -0.39 is 0 Å². The van der Waals surface area contributed by atoms with E-state index in [1.54, 1.807) is 0 Å². The number of guanidine groups is 1. The Morgan fingerprint density at radius 3 is 2.22 bits per heavy atom. The van der Waals surface area contributed by atoms with E-state index in [1.807, 2.05) is 0 Å². The molecule has 0 aromatic heterocycles. The van der Waals surface area contributed by atoms with Gasteiger partial charge in [0.2, 0.25) is 5.91 Å². The summed E-state index contributed by atoms with van der Waals surface area (Å²) in [5.74, 6) is 2.60. The fraction of sp³-hybridized carbons (Fsp3) is 0.692. The van der Waals surface area contributed by atoms with Crippen LogP contribution in [-0.2, 0) is 4.79 Å². The standard InChI is InChI=1S/C26H42N4O.HI/c1-6-19(7-2)25(31)30-15-13-22(14-16-30)28-26(27-8-3)29-24-17-23(24)21-11-9-20(10-12-21)18(4)5;/h9-12,18-19,22-24H,6-8,13-17H2,1-5H3,(H2,27,28,29);1H. The van der Waals surface area contributed by atoms with Gasteiger partial charge in [0.05, 0.1) is 0 Å². The molecule has 1 saturated heterocycles. The van der Waals surface area contributed by atoms with Crippen LogP contribution in [0.1, 0.15) is 89.7 Å². The van der Waals surface area contributed by atoms with Crippen LogP contribution in [0.5, 0.6) is 0 Å². The molecule has 32 heavy (non-hydrogen) atoms. The Kier molecular flexibility index (Phi) is 10.8. The average molecular weight is 555 g/mol. The van der Waals surface area contributed by atoms with Crippen molar-refractivity contribution in [3.8, 4) is 0 Å². The number of aliphatic imine (C=N–C) groups is 1. The summed E-state index contributed by atoms with van der Waals surface area (Å²) in [7, 11) is 0. The number of carbonyl (C=O) groups is 1. The van der Waals surface area contributed by atoms with Gasteiger partial charge in [-0.15, -0.1) is 24.0 Å². The molecule has 1 aromatic rings. The molecule has 1 aromatic carbocycles. The summed E-state index contributed by atoms with van der Waals surface area (Å²) in [6, 6.07) is 9.96. The van der Waals surface area contributed by atoms with Crippen LogP contribution in [0.4, 0.5) is 0 Å². The Bertz CT molecular complexity index is 737. The van der Waals surface area contributed by atoms with Crippen molar-refractivity contribution in [1.29, 1.82) is 0 Å². The molecule has 3 rings (SSSR count). The molecule has 2 atom stereocenters. The van der Waals surface area contributed by atoms with Crippen LogP contribution < -0.4 is 10.6 Å². The Hall–Kier alpha value is -1.31. The first-order valence-electron chi connectivity index (χ1n) is 12.4. The molecule has 1 heterocycles. The molecule has 0 bridgehead atoms. The van der Waals surface area contributed by atoms with E-state index in [-0.39, 0.29) is 29.9 Å². The summed E-state index contributed by atoms with van der Waals surface area (Å²) in [6.07, 6.45) is 5.01. The van der Waals surface area contributed by atoms with Crippen molar-refractivity contribution in [2.75, 3.05) is 19.6 Å². The van der Waals surface area contributed by atoms with Gasteiger partial charge in [-0.1, -0.05) is 52.0 Å². The number of amides is 1. The number of rotatable bonds is 8. The summed E-state index contributed by atoms with van der Waals surface area (Å²) < 4.78 is 0. The van der Waals surface area contributed by atoms with E-state index in [0.717, 1.165) is 57.7 Å². The Balaban J connectivity index is 0.00000363. The number of benzene rings is 1. The second kappa shape index (κ2) is 12.8. The monoisotopic (exact) mass is 554 g/mol. The number of hydrogen-bond donors (Lipinski definition) is 2. The van der Waals surface area contributed by atoms with E-state index in [9.17, 15) is 4.79 Å². The molecule has 2 unspecified atom stereocenters. The maximum absolute atomic E-state index is 12.6. The molecule has 2 N–H and O–H groups in total. The second-order valence-electron chi connectivity index (χ2n) is 9.49. The molecule has 5 nitrogen and oxygen atoms in total. The number of hydrogen-bond acceptors (Lipinski definition) is 2. The number of carbonyl (C=O) groups excluding carboxylic acids is 1. The van der Waals surface area contributed by atoms with Crippen molar-refractivity contribution in [2.45, 2.75) is 90.6 Å². The Morgan fingerprint density at radius 2 is 1.69 bits per heavy atom. The largest absolute Gasteiger partial charge is 0.354 e. The first-order valence-corrected chi connectivity index (χ1v) is 12.4. The van der Waals surface area contributed by atoms with Crippen LogP contribution in [0.3, 0.4) is 0 Å². The summed E-state index contributed by atoms with van der Waals surface area (Å²) in [4.78, 5) is 19.4. The third kappa shape index (κ3) is 7.09. The summed E-state index contributed by atoms with van der Waals surface area (Å²) in [5.41, 5.74) is 2.82. The lowest BCUT2D eigenvalue weighted by molar-refractivity contribution is -0.136. The lowest BCUT2D eigenvalue weighted by Gasteiger charge is -2.35. The normalized spacial score (nSPS) is 21.5. The van der Waals surface area contributed by atoms with Crippen molar-refractivity contribution in [2.24, 2.45) is 10.9 Å². The quantitative estimate of drug-likeness (QED) is 0.262. The number of piperidine rings is 1. The molecule has 0 radical (unpaired) electrons. The van der Waals surface area contributed by atoms with Gasteiger partial charge in [-0.3, -0.25) is 9.79 Å². The summed E-state index contributed by atoms with van der Waals surface area (Å²) in [6.45, 7) is 13.2. The number of halogens is 1. The molecule has 180 valence electrons. The Labute approximate surface area is 212 Å². The van der Waals surface area contributed by atoms with Gasteiger partial charge in [-0.05, 0) is 56.1 Å². The zero-order chi connectivity index (χ0) is 22.4. The van der Waals surface area contributed by atoms with E-state index in [4.69, 9.17) is 0 Å². The minimum absolute atomic E-state index is 0. The Morgan fingerprint density at radius 1 is 1.06 bits per heavy atom. The van der Waals surface area contributed by atoms with E-state index in [2.05, 4.69) is 79.4 Å². The highest BCUT2D eigenvalue weighted by Gasteiger charge is 2.39. The van der Waals surface area contributed by atoms with Gasteiger partial charge >= 0.3 is 0 Å². The van der Waals surface area contributed by atoms with Crippen LogP contribution >= 0.6 is 24.0 Å². The highest BCUT2D eigenvalue weighted by atomic mass is 127. The summed E-state index contributed by atoms with van der Waals surface area (Å²) >= 11 is 0. The van der Waals surface area contributed by atoms with Crippen molar-refractivity contribution in [3.63, 3.8) is 0 Å². The highest BCUT2D eigenvalue weighted by Crippen LogP contribution is 2.41. The van der Waals surface area contributed by atoms with E-state index >= 15 is 0 Å². The minimum Gasteiger partial charge on any atom is -0.354 e. The number of nitrogens with one attached hydrogen (secondary N) is 2. The van der Waals surface area contributed by atoms with Gasteiger partial charge in [0.1, 0.15) is 0 Å². The van der Waals surface area contributed by atoms with Gasteiger partial charge < -0.3 is 15.5 Å². The maximum Gasteiger partial charge on any atom is 0.225 e. The molecule has 0 spiro atoms. The van der Waals surface area contributed by atoms with Crippen LogP contribution in [0.15, 0.2) is 29.3 Å². The first kappa shape index (κ1) is 26.9. The van der Waals surface area contributed by atoms with Gasteiger partial charge in [0, 0.05) is 43.6 Å². The zero-order valence-electron chi connectivity index (χ0n) is 20.6. The first-order chi connectivity index (χ1) is 15.0. The van der Waals surface area contributed by atoms with Gasteiger partial charge in [0.25, 0.3) is 0 Å². The smallest absolute Gasteiger partial charge is 0.225 e. The van der Waals surface area contributed by atoms with E-state index in [0.29, 0.717) is 29.8 Å². The van der Waals surface area contributed by atoms with Crippen molar-refractivity contribution in [1.82, 2.24) is 15.5 Å². The van der Waals surface area contributed by atoms with Gasteiger partial charge in [-0.25, -0.2) is 0 Å². The molecule has 1 aliphatic heterocycles. The maximum atomic E-state index is 12.6. The zero-order valence-corrected chi connectivity index (χ0v) is 22.9. The fourth-order valence-corrected chi connectivity index (χ4v) is 4.65. The second-order valence-corrected chi connectivity index (χ2v) is 9.49. The highest BCUT2D eigenvalue weighted by molar-refractivity contribution is 14.0. The third-order valence-corrected chi connectivity index (χ3v) is 6.94. The average Bonchev–Trinajstić information content (AvgIpc) is 3.54. The lowest BCUT2D eigenvalue weighted by Crippen LogP contribution is -2.51. The molecule has 1 amide bonds. The van der Waals surface area contributed by atoms with Crippen LogP contribution in [-0.4, -0.2) is 48.5 Å².